The van der Waals surface area contributed by atoms with Crippen molar-refractivity contribution < 1.29 is 4.74 Å². The maximum Gasteiger partial charge on any atom is 0.146 e. The molecule has 2 N–H and O–H groups in total. The first kappa shape index (κ1) is 15.5. The Morgan fingerprint density at radius 1 is 1.20 bits per heavy atom. The Hall–Kier alpha value is -0.880. The van der Waals surface area contributed by atoms with Crippen molar-refractivity contribution in [1.29, 1.82) is 0 Å². The lowest BCUT2D eigenvalue weighted by Gasteiger charge is -2.13. The summed E-state index contributed by atoms with van der Waals surface area (Å²) >= 11 is 3.54. The second kappa shape index (κ2) is 8.42. The summed E-state index contributed by atoms with van der Waals surface area (Å²) in [7, 11) is 0. The molecule has 5 nitrogen and oxygen atoms in total. The first-order valence-corrected chi connectivity index (χ1v) is 8.20. The van der Waals surface area contributed by atoms with Crippen molar-refractivity contribution >= 4 is 27.6 Å². The fraction of sp³-hybridized carbons (Fsp3) is 0.714. The molecule has 112 valence electrons. The highest BCUT2D eigenvalue weighted by Crippen LogP contribution is 2.26. The fourth-order valence-electron chi connectivity index (χ4n) is 2.31. The topological polar surface area (TPSA) is 59.1 Å². The number of rotatable bonds is 8. The predicted molar refractivity (Wildman–Crippen MR) is 85.2 cm³/mol. The molecule has 1 saturated carbocycles. The monoisotopic (exact) mass is 342 g/mol. The molecule has 0 spiro atoms. The minimum Gasteiger partial charge on any atom is -0.376 e. The van der Waals surface area contributed by atoms with Gasteiger partial charge in [-0.2, -0.15) is 0 Å². The van der Waals surface area contributed by atoms with Gasteiger partial charge in [0.1, 0.15) is 22.4 Å². The maximum atomic E-state index is 5.82. The third-order valence-corrected chi connectivity index (χ3v) is 4.13. The molecule has 2 rings (SSSR count). The third-order valence-electron chi connectivity index (χ3n) is 3.38. The third kappa shape index (κ3) is 4.59. The first-order valence-electron chi connectivity index (χ1n) is 7.41. The molecule has 1 aliphatic rings. The van der Waals surface area contributed by atoms with Crippen LogP contribution >= 0.6 is 15.9 Å². The summed E-state index contributed by atoms with van der Waals surface area (Å²) in [5, 5.41) is 6.56. The maximum absolute atomic E-state index is 5.82. The van der Waals surface area contributed by atoms with Gasteiger partial charge in [-0.3, -0.25) is 0 Å². The highest BCUT2D eigenvalue weighted by Gasteiger charge is 2.15. The van der Waals surface area contributed by atoms with Crippen LogP contribution in [0, 0.1) is 0 Å². The molecule has 20 heavy (non-hydrogen) atoms. The van der Waals surface area contributed by atoms with Gasteiger partial charge in [-0.15, -0.1) is 0 Å². The van der Waals surface area contributed by atoms with E-state index < -0.39 is 0 Å². The number of nitrogens with one attached hydrogen (secondary N) is 2. The van der Waals surface area contributed by atoms with Crippen molar-refractivity contribution in [3.8, 4) is 0 Å². The van der Waals surface area contributed by atoms with E-state index in [0.29, 0.717) is 6.10 Å². The number of hydrogen-bond donors (Lipinski definition) is 2. The van der Waals surface area contributed by atoms with Crippen molar-refractivity contribution in [2.75, 3.05) is 30.3 Å². The summed E-state index contributed by atoms with van der Waals surface area (Å²) in [6.07, 6.45) is 8.14. The molecular formula is C14H23BrN4O. The van der Waals surface area contributed by atoms with Gasteiger partial charge < -0.3 is 15.4 Å². The quantitative estimate of drug-likeness (QED) is 0.708. The molecule has 1 aliphatic carbocycles. The van der Waals surface area contributed by atoms with Crippen molar-refractivity contribution in [1.82, 2.24) is 9.97 Å². The molecule has 0 radical (unpaired) electrons. The summed E-state index contributed by atoms with van der Waals surface area (Å²) < 4.78 is 6.71. The van der Waals surface area contributed by atoms with Crippen LogP contribution in [0.5, 0.6) is 0 Å². The Morgan fingerprint density at radius 2 is 1.85 bits per heavy atom. The minimum absolute atomic E-state index is 0.465. The molecule has 1 fully saturated rings. The molecule has 1 aromatic heterocycles. The normalized spacial score (nSPS) is 15.5. The number of ether oxygens (including phenoxy) is 1. The first-order chi connectivity index (χ1) is 9.81. The Morgan fingerprint density at radius 3 is 2.50 bits per heavy atom. The molecule has 0 unspecified atom stereocenters. The average Bonchev–Trinajstić information content (AvgIpc) is 2.97. The molecule has 0 aliphatic heterocycles. The van der Waals surface area contributed by atoms with E-state index in [1.807, 2.05) is 0 Å². The number of nitrogens with zero attached hydrogens (tertiary/aromatic N) is 2. The van der Waals surface area contributed by atoms with Gasteiger partial charge >= 0.3 is 0 Å². The van der Waals surface area contributed by atoms with Gasteiger partial charge in [0.25, 0.3) is 0 Å². The molecule has 6 heteroatoms. The van der Waals surface area contributed by atoms with Crippen molar-refractivity contribution in [2.45, 2.75) is 45.1 Å². The van der Waals surface area contributed by atoms with Crippen LogP contribution in [-0.4, -0.2) is 35.8 Å². The van der Waals surface area contributed by atoms with E-state index in [4.69, 9.17) is 4.74 Å². The molecular weight excluding hydrogens is 320 g/mol. The number of halogens is 1. The SMILES string of the molecule is CCCNc1ncnc(NCCOC2CCCC2)c1Br. The zero-order chi connectivity index (χ0) is 14.2. The van der Waals surface area contributed by atoms with Crippen LogP contribution < -0.4 is 10.6 Å². The largest absolute Gasteiger partial charge is 0.376 e. The standard InChI is InChI=1S/C14H23BrN4O/c1-2-7-16-13-12(15)14(19-10-18-13)17-8-9-20-11-5-3-4-6-11/h10-11H,2-9H2,1H3,(H2,16,17,18,19). The summed E-state index contributed by atoms with van der Waals surface area (Å²) in [5.74, 6) is 1.65. The van der Waals surface area contributed by atoms with Gasteiger partial charge in [0.05, 0.1) is 12.7 Å². The number of hydrogen-bond acceptors (Lipinski definition) is 5. The van der Waals surface area contributed by atoms with E-state index in [2.05, 4.69) is 43.5 Å². The Labute approximate surface area is 129 Å². The van der Waals surface area contributed by atoms with Crippen molar-refractivity contribution in [3.05, 3.63) is 10.8 Å². The smallest absolute Gasteiger partial charge is 0.146 e. The Balaban J connectivity index is 1.76. The summed E-state index contributed by atoms with van der Waals surface area (Å²) in [6, 6.07) is 0. The summed E-state index contributed by atoms with van der Waals surface area (Å²) in [6.45, 7) is 4.51. The van der Waals surface area contributed by atoms with Crippen molar-refractivity contribution in [2.24, 2.45) is 0 Å². The van der Waals surface area contributed by atoms with E-state index in [9.17, 15) is 0 Å². The van der Waals surface area contributed by atoms with Gasteiger partial charge in [0.15, 0.2) is 0 Å². The Bertz CT molecular complexity index is 410. The van der Waals surface area contributed by atoms with Crippen LogP contribution in [0.3, 0.4) is 0 Å². The fourth-order valence-corrected chi connectivity index (χ4v) is 2.79. The summed E-state index contributed by atoms with van der Waals surface area (Å²) in [4.78, 5) is 8.48. The molecule has 1 aromatic rings. The molecule has 0 saturated heterocycles. The molecule has 1 heterocycles. The van der Waals surface area contributed by atoms with E-state index in [0.717, 1.165) is 42.2 Å². The average molecular weight is 343 g/mol. The second-order valence-corrected chi connectivity index (χ2v) is 5.81. The van der Waals surface area contributed by atoms with Crippen LogP contribution in [0.1, 0.15) is 39.0 Å². The number of anilines is 2. The van der Waals surface area contributed by atoms with Crippen molar-refractivity contribution in [3.63, 3.8) is 0 Å². The zero-order valence-electron chi connectivity index (χ0n) is 12.0. The lowest BCUT2D eigenvalue weighted by atomic mass is 10.3. The van der Waals surface area contributed by atoms with E-state index >= 15 is 0 Å². The Kier molecular flexibility index (Phi) is 6.53. The van der Waals surface area contributed by atoms with Gasteiger partial charge in [0.2, 0.25) is 0 Å². The van der Waals surface area contributed by atoms with E-state index in [1.54, 1.807) is 6.33 Å². The van der Waals surface area contributed by atoms with Crippen LogP contribution in [-0.2, 0) is 4.74 Å². The molecule has 0 amide bonds. The second-order valence-electron chi connectivity index (χ2n) is 5.02. The summed E-state index contributed by atoms with van der Waals surface area (Å²) in [5.41, 5.74) is 0. The molecule has 0 bridgehead atoms. The van der Waals surface area contributed by atoms with Gasteiger partial charge in [-0.1, -0.05) is 19.8 Å². The zero-order valence-corrected chi connectivity index (χ0v) is 13.6. The van der Waals surface area contributed by atoms with Crippen LogP contribution in [0.2, 0.25) is 0 Å². The minimum atomic E-state index is 0.465. The van der Waals surface area contributed by atoms with Gasteiger partial charge in [-0.05, 0) is 35.2 Å². The molecule has 0 aromatic carbocycles. The van der Waals surface area contributed by atoms with E-state index in [1.165, 1.54) is 25.7 Å². The molecule has 0 atom stereocenters. The van der Waals surface area contributed by atoms with Gasteiger partial charge in [-0.25, -0.2) is 9.97 Å². The van der Waals surface area contributed by atoms with Gasteiger partial charge in [0, 0.05) is 13.1 Å². The lowest BCUT2D eigenvalue weighted by molar-refractivity contribution is 0.0658. The van der Waals surface area contributed by atoms with Crippen LogP contribution in [0.15, 0.2) is 10.8 Å². The lowest BCUT2D eigenvalue weighted by Crippen LogP contribution is -2.16. The van der Waals surface area contributed by atoms with Crippen LogP contribution in [0.4, 0.5) is 11.6 Å². The highest BCUT2D eigenvalue weighted by molar-refractivity contribution is 9.10. The number of aromatic nitrogens is 2. The predicted octanol–water partition coefficient (Wildman–Crippen LogP) is 3.43. The van der Waals surface area contributed by atoms with E-state index in [-0.39, 0.29) is 0 Å². The highest BCUT2D eigenvalue weighted by atomic mass is 79.9. The van der Waals surface area contributed by atoms with Crippen LogP contribution in [0.25, 0.3) is 0 Å².